The van der Waals surface area contributed by atoms with Gasteiger partial charge in [-0.3, -0.25) is 10.3 Å². The molecule has 0 aliphatic heterocycles. The molecule has 3 rings (SSSR count). The molecule has 0 bridgehead atoms. The van der Waals surface area contributed by atoms with Crippen LogP contribution in [0, 0.1) is 0 Å². The van der Waals surface area contributed by atoms with Gasteiger partial charge in [-0.2, -0.15) is 0 Å². The van der Waals surface area contributed by atoms with Gasteiger partial charge in [0.1, 0.15) is 12.3 Å². The number of nitrogens with one attached hydrogen (secondary N) is 1. The van der Waals surface area contributed by atoms with Gasteiger partial charge >= 0.3 is 6.09 Å². The second-order valence-corrected chi connectivity index (χ2v) is 5.20. The van der Waals surface area contributed by atoms with Crippen LogP contribution in [0.3, 0.4) is 0 Å². The fourth-order valence-corrected chi connectivity index (χ4v) is 2.28. The Morgan fingerprint density at radius 3 is 2.56 bits per heavy atom. The number of pyridine rings is 2. The Morgan fingerprint density at radius 1 is 1.08 bits per heavy atom. The Labute approximate surface area is 145 Å². The first kappa shape index (κ1) is 16.4. The van der Waals surface area contributed by atoms with Gasteiger partial charge in [0.05, 0.1) is 7.11 Å². The summed E-state index contributed by atoms with van der Waals surface area (Å²) in [6.45, 7) is 0.187. The summed E-state index contributed by atoms with van der Waals surface area (Å²) in [6, 6.07) is 15.0. The van der Waals surface area contributed by atoms with E-state index in [2.05, 4.69) is 15.3 Å². The molecule has 3 aromatic rings. The topological polar surface area (TPSA) is 73.3 Å². The Morgan fingerprint density at radius 2 is 1.84 bits per heavy atom. The number of ether oxygens (including phenoxy) is 2. The molecule has 2 heterocycles. The third-order valence-corrected chi connectivity index (χ3v) is 3.51. The minimum Gasteiger partial charge on any atom is -0.480 e. The number of carbonyl (C=O) groups excluding carboxylic acids is 1. The Kier molecular flexibility index (Phi) is 5.21. The Bertz CT molecular complexity index is 839. The molecule has 2 aromatic heterocycles. The number of hydrogen-bond donors (Lipinski definition) is 1. The highest BCUT2D eigenvalue weighted by atomic mass is 16.5. The van der Waals surface area contributed by atoms with Crippen LogP contribution < -0.4 is 10.1 Å². The lowest BCUT2D eigenvalue weighted by Crippen LogP contribution is -2.14. The summed E-state index contributed by atoms with van der Waals surface area (Å²) in [7, 11) is 1.49. The molecule has 0 atom stereocenters. The van der Waals surface area contributed by atoms with Crippen LogP contribution in [0.5, 0.6) is 5.88 Å². The summed E-state index contributed by atoms with van der Waals surface area (Å²) in [6.07, 6.45) is 4.49. The first-order valence-corrected chi connectivity index (χ1v) is 7.68. The van der Waals surface area contributed by atoms with Crippen molar-refractivity contribution in [3.8, 4) is 17.0 Å². The number of rotatable bonds is 5. The number of aromatic nitrogens is 2. The van der Waals surface area contributed by atoms with E-state index in [4.69, 9.17) is 9.47 Å². The van der Waals surface area contributed by atoms with E-state index >= 15 is 0 Å². The molecule has 0 aliphatic carbocycles. The maximum absolute atomic E-state index is 12.1. The van der Waals surface area contributed by atoms with Crippen LogP contribution in [0.2, 0.25) is 0 Å². The van der Waals surface area contributed by atoms with Crippen molar-refractivity contribution >= 4 is 11.8 Å². The average molecular weight is 335 g/mol. The van der Waals surface area contributed by atoms with Gasteiger partial charge in [0.2, 0.25) is 5.88 Å². The second kappa shape index (κ2) is 7.92. The minimum atomic E-state index is -0.573. The molecule has 1 amide bonds. The zero-order chi connectivity index (χ0) is 17.5. The maximum atomic E-state index is 12.1. The van der Waals surface area contributed by atoms with Gasteiger partial charge in [0.15, 0.2) is 0 Å². The minimum absolute atomic E-state index is 0.187. The molecule has 6 nitrogen and oxygen atoms in total. The summed E-state index contributed by atoms with van der Waals surface area (Å²) >= 11 is 0. The number of anilines is 1. The predicted octanol–water partition coefficient (Wildman–Crippen LogP) is 3.90. The third-order valence-electron chi connectivity index (χ3n) is 3.51. The molecule has 0 saturated heterocycles. The molecule has 6 heteroatoms. The summed E-state index contributed by atoms with van der Waals surface area (Å²) in [4.78, 5) is 20.3. The van der Waals surface area contributed by atoms with Crippen LogP contribution in [0.4, 0.5) is 10.5 Å². The van der Waals surface area contributed by atoms with E-state index in [1.54, 1.807) is 24.7 Å². The fraction of sp³-hybridized carbons (Fsp3) is 0.105. The molecular formula is C19H17N3O3. The van der Waals surface area contributed by atoms with Crippen molar-refractivity contribution in [2.24, 2.45) is 0 Å². The predicted molar refractivity (Wildman–Crippen MR) is 94.3 cm³/mol. The van der Waals surface area contributed by atoms with Crippen LogP contribution in [0.15, 0.2) is 67.1 Å². The van der Waals surface area contributed by atoms with Crippen LogP contribution >= 0.6 is 0 Å². The Hall–Kier alpha value is -3.41. The van der Waals surface area contributed by atoms with Gasteiger partial charge in [-0.15, -0.1) is 0 Å². The van der Waals surface area contributed by atoms with E-state index in [1.807, 2.05) is 42.5 Å². The highest BCUT2D eigenvalue weighted by molar-refractivity contribution is 5.87. The molecule has 0 fully saturated rings. The molecule has 126 valence electrons. The first-order chi connectivity index (χ1) is 12.3. The van der Waals surface area contributed by atoms with E-state index < -0.39 is 6.09 Å². The van der Waals surface area contributed by atoms with Crippen molar-refractivity contribution in [3.63, 3.8) is 0 Å². The number of amides is 1. The number of carbonyl (C=O) groups is 1. The van der Waals surface area contributed by atoms with Gasteiger partial charge in [0, 0.05) is 24.2 Å². The van der Waals surface area contributed by atoms with E-state index in [0.717, 1.165) is 16.7 Å². The zero-order valence-electron chi connectivity index (χ0n) is 13.7. The normalized spacial score (nSPS) is 10.1. The molecule has 0 saturated carbocycles. The van der Waals surface area contributed by atoms with Gasteiger partial charge < -0.3 is 9.47 Å². The zero-order valence-corrected chi connectivity index (χ0v) is 13.7. The van der Waals surface area contributed by atoms with Crippen molar-refractivity contribution in [3.05, 3.63) is 72.7 Å². The van der Waals surface area contributed by atoms with Crippen LogP contribution in [0.25, 0.3) is 11.1 Å². The van der Waals surface area contributed by atoms with E-state index in [-0.39, 0.29) is 6.61 Å². The van der Waals surface area contributed by atoms with Crippen molar-refractivity contribution in [1.29, 1.82) is 0 Å². The highest BCUT2D eigenvalue weighted by Crippen LogP contribution is 2.28. The van der Waals surface area contributed by atoms with Gasteiger partial charge in [-0.25, -0.2) is 9.78 Å². The summed E-state index contributed by atoms with van der Waals surface area (Å²) in [5.74, 6) is 0.314. The Balaban J connectivity index is 1.73. The first-order valence-electron chi connectivity index (χ1n) is 7.68. The van der Waals surface area contributed by atoms with Crippen molar-refractivity contribution < 1.29 is 14.3 Å². The fourth-order valence-electron chi connectivity index (χ4n) is 2.28. The number of hydrogen-bond acceptors (Lipinski definition) is 5. The van der Waals surface area contributed by atoms with E-state index in [9.17, 15) is 4.79 Å². The molecule has 1 aromatic carbocycles. The van der Waals surface area contributed by atoms with E-state index in [0.29, 0.717) is 11.6 Å². The quantitative estimate of drug-likeness (QED) is 0.765. The average Bonchev–Trinajstić information content (AvgIpc) is 2.68. The van der Waals surface area contributed by atoms with Gasteiger partial charge in [-0.05, 0) is 29.3 Å². The van der Waals surface area contributed by atoms with Crippen molar-refractivity contribution in [1.82, 2.24) is 9.97 Å². The van der Waals surface area contributed by atoms with Gasteiger partial charge in [0.25, 0.3) is 0 Å². The standard InChI is InChI=1S/C19H17N3O3/c1-24-18-17(11-16(12-21-18)15-7-9-20-10-8-15)22-19(23)25-13-14-5-3-2-4-6-14/h2-12H,13H2,1H3,(H,22,23). The molecular weight excluding hydrogens is 318 g/mol. The summed E-state index contributed by atoms with van der Waals surface area (Å²) in [5, 5.41) is 2.68. The van der Waals surface area contributed by atoms with Crippen molar-refractivity contribution in [2.75, 3.05) is 12.4 Å². The summed E-state index contributed by atoms with van der Waals surface area (Å²) in [5.41, 5.74) is 3.12. The van der Waals surface area contributed by atoms with Crippen molar-refractivity contribution in [2.45, 2.75) is 6.61 Å². The smallest absolute Gasteiger partial charge is 0.412 e. The molecule has 0 spiro atoms. The van der Waals surface area contributed by atoms with Crippen LogP contribution in [-0.4, -0.2) is 23.2 Å². The lowest BCUT2D eigenvalue weighted by molar-refractivity contribution is 0.155. The maximum Gasteiger partial charge on any atom is 0.412 e. The summed E-state index contributed by atoms with van der Waals surface area (Å²) < 4.78 is 10.4. The van der Waals surface area contributed by atoms with Crippen LogP contribution in [-0.2, 0) is 11.3 Å². The lowest BCUT2D eigenvalue weighted by Gasteiger charge is -2.11. The SMILES string of the molecule is COc1ncc(-c2ccncc2)cc1NC(=O)OCc1ccccc1. The molecule has 0 aliphatic rings. The molecule has 25 heavy (non-hydrogen) atoms. The van der Waals surface area contributed by atoms with Gasteiger partial charge in [-0.1, -0.05) is 30.3 Å². The molecule has 1 N–H and O–H groups in total. The second-order valence-electron chi connectivity index (χ2n) is 5.20. The lowest BCUT2D eigenvalue weighted by atomic mass is 10.1. The van der Waals surface area contributed by atoms with Crippen LogP contribution in [0.1, 0.15) is 5.56 Å². The number of methoxy groups -OCH3 is 1. The highest BCUT2D eigenvalue weighted by Gasteiger charge is 2.12. The molecule has 0 radical (unpaired) electrons. The van der Waals surface area contributed by atoms with E-state index in [1.165, 1.54) is 7.11 Å². The largest absolute Gasteiger partial charge is 0.480 e. The number of nitrogens with zero attached hydrogens (tertiary/aromatic N) is 2. The third kappa shape index (κ3) is 4.32. The molecule has 0 unspecified atom stereocenters. The number of benzene rings is 1. The monoisotopic (exact) mass is 335 g/mol.